The Morgan fingerprint density at radius 1 is 0.703 bits per heavy atom. The summed E-state index contributed by atoms with van der Waals surface area (Å²) in [5, 5.41) is 7.47. The van der Waals surface area contributed by atoms with Crippen LogP contribution in [0.4, 0.5) is 11.4 Å². The normalized spacial score (nSPS) is 10.5. The smallest absolute Gasteiger partial charge is 0.306 e. The van der Waals surface area contributed by atoms with Crippen LogP contribution in [0.25, 0.3) is 10.8 Å². The molecule has 2 amide bonds. The Labute approximate surface area is 222 Å². The molecule has 188 valence electrons. The van der Waals surface area contributed by atoms with Crippen molar-refractivity contribution in [2.45, 2.75) is 19.3 Å². The van der Waals surface area contributed by atoms with Crippen LogP contribution in [-0.4, -0.2) is 24.4 Å². The van der Waals surface area contributed by atoms with Crippen LogP contribution < -0.4 is 15.4 Å². The molecule has 4 rings (SSSR count). The highest BCUT2D eigenvalue weighted by Crippen LogP contribution is 2.25. The molecule has 0 spiro atoms. The molecule has 7 nitrogen and oxygen atoms in total. The molecule has 0 heterocycles. The van der Waals surface area contributed by atoms with E-state index in [0.717, 1.165) is 15.2 Å². The molecule has 0 aliphatic carbocycles. The Bertz CT molecular complexity index is 1380. The number of anilines is 2. The molecule has 0 bridgehead atoms. The second-order valence-electron chi connectivity index (χ2n) is 8.22. The van der Waals surface area contributed by atoms with Gasteiger partial charge in [0.1, 0.15) is 11.5 Å². The first-order valence-corrected chi connectivity index (χ1v) is 12.5. The Morgan fingerprint density at radius 2 is 1.38 bits per heavy atom. The van der Waals surface area contributed by atoms with E-state index in [2.05, 4.69) is 26.6 Å². The van der Waals surface area contributed by atoms with Crippen LogP contribution in [0.3, 0.4) is 0 Å². The number of halogens is 1. The number of benzene rings is 4. The molecule has 0 fully saturated rings. The highest BCUT2D eigenvalue weighted by molar-refractivity contribution is 9.10. The first-order chi connectivity index (χ1) is 18.0. The summed E-state index contributed by atoms with van der Waals surface area (Å²) in [6, 6.07) is 27.8. The number of fused-ring (bicyclic) bond motifs is 1. The van der Waals surface area contributed by atoms with Crippen LogP contribution in [0.1, 0.15) is 19.3 Å². The van der Waals surface area contributed by atoms with Gasteiger partial charge in [-0.15, -0.1) is 0 Å². The highest BCUT2D eigenvalue weighted by atomic mass is 79.9. The monoisotopic (exact) mass is 560 g/mol. The van der Waals surface area contributed by atoms with Gasteiger partial charge in [0.2, 0.25) is 5.91 Å². The number of esters is 1. The first kappa shape index (κ1) is 25.9. The fourth-order valence-electron chi connectivity index (χ4n) is 3.60. The summed E-state index contributed by atoms with van der Waals surface area (Å²) in [6.07, 6.45) is 0.490. The molecule has 4 aromatic rings. The molecule has 8 heteroatoms. The zero-order chi connectivity index (χ0) is 26.0. The quantitative estimate of drug-likeness (QED) is 0.211. The van der Waals surface area contributed by atoms with Crippen LogP contribution in [0, 0.1) is 0 Å². The molecule has 0 atom stereocenters. The third-order valence-electron chi connectivity index (χ3n) is 5.40. The lowest BCUT2D eigenvalue weighted by Crippen LogP contribution is -2.21. The molecule has 0 saturated heterocycles. The van der Waals surface area contributed by atoms with Crippen molar-refractivity contribution in [3.63, 3.8) is 0 Å². The number of hydrogen-bond acceptors (Lipinski definition) is 5. The summed E-state index contributed by atoms with van der Waals surface area (Å²) in [5.74, 6) is 0.180. The van der Waals surface area contributed by atoms with Gasteiger partial charge in [-0.25, -0.2) is 0 Å². The second-order valence-corrected chi connectivity index (χ2v) is 9.13. The SMILES string of the molecule is O=C(CCCC(=O)OCC(=O)Nc1cccc2ccccc12)Nc1ccc(Oc2ccc(Br)cc2)cc1. The van der Waals surface area contributed by atoms with E-state index >= 15 is 0 Å². The van der Waals surface area contributed by atoms with Crippen molar-refractivity contribution in [1.29, 1.82) is 0 Å². The van der Waals surface area contributed by atoms with Crippen molar-refractivity contribution in [2.24, 2.45) is 0 Å². The summed E-state index contributed by atoms with van der Waals surface area (Å²) in [6.45, 7) is -0.386. The topological polar surface area (TPSA) is 93.7 Å². The summed E-state index contributed by atoms with van der Waals surface area (Å²) in [5.41, 5.74) is 1.28. The summed E-state index contributed by atoms with van der Waals surface area (Å²) < 4.78 is 11.8. The Kier molecular flexibility index (Phi) is 8.89. The van der Waals surface area contributed by atoms with Crippen molar-refractivity contribution < 1.29 is 23.9 Å². The number of rotatable bonds is 10. The number of carbonyl (C=O) groups is 3. The van der Waals surface area contributed by atoms with Crippen LogP contribution >= 0.6 is 15.9 Å². The summed E-state index contributed by atoms with van der Waals surface area (Å²) >= 11 is 3.38. The molecule has 0 saturated carbocycles. The maximum atomic E-state index is 12.2. The predicted molar refractivity (Wildman–Crippen MR) is 147 cm³/mol. The summed E-state index contributed by atoms with van der Waals surface area (Å²) in [4.78, 5) is 36.4. The molecule has 2 N–H and O–H groups in total. The number of amides is 2. The molecule has 0 radical (unpaired) electrons. The molecule has 0 aliphatic rings. The maximum absolute atomic E-state index is 12.2. The fourth-order valence-corrected chi connectivity index (χ4v) is 3.87. The Morgan fingerprint density at radius 3 is 2.14 bits per heavy atom. The predicted octanol–water partition coefficient (Wildman–Crippen LogP) is 6.69. The third-order valence-corrected chi connectivity index (χ3v) is 5.93. The highest BCUT2D eigenvalue weighted by Gasteiger charge is 2.11. The number of carbonyl (C=O) groups excluding carboxylic acids is 3. The van der Waals surface area contributed by atoms with Crippen LogP contribution in [0.5, 0.6) is 11.5 Å². The third kappa shape index (κ3) is 7.91. The van der Waals surface area contributed by atoms with E-state index in [1.165, 1.54) is 0 Å². The van der Waals surface area contributed by atoms with Crippen LogP contribution in [0.2, 0.25) is 0 Å². The van der Waals surface area contributed by atoms with Gasteiger partial charge in [-0.3, -0.25) is 14.4 Å². The zero-order valence-corrected chi connectivity index (χ0v) is 21.5. The van der Waals surface area contributed by atoms with Gasteiger partial charge in [0.15, 0.2) is 6.61 Å². The zero-order valence-electron chi connectivity index (χ0n) is 19.9. The molecule has 0 aromatic heterocycles. The molecule has 4 aromatic carbocycles. The van der Waals surface area contributed by atoms with Gasteiger partial charge >= 0.3 is 5.97 Å². The number of hydrogen-bond donors (Lipinski definition) is 2. The first-order valence-electron chi connectivity index (χ1n) is 11.7. The van der Waals surface area contributed by atoms with E-state index < -0.39 is 11.9 Å². The molecular weight excluding hydrogens is 536 g/mol. The number of nitrogens with one attached hydrogen (secondary N) is 2. The summed E-state index contributed by atoms with van der Waals surface area (Å²) in [7, 11) is 0. The van der Waals surface area contributed by atoms with Gasteiger partial charge in [-0.1, -0.05) is 52.3 Å². The largest absolute Gasteiger partial charge is 0.457 e. The maximum Gasteiger partial charge on any atom is 0.306 e. The molecule has 0 unspecified atom stereocenters. The minimum absolute atomic E-state index is 0.0366. The Hall–Kier alpha value is -4.17. The van der Waals surface area contributed by atoms with Gasteiger partial charge in [0.05, 0.1) is 0 Å². The lowest BCUT2D eigenvalue weighted by molar-refractivity contribution is -0.147. The van der Waals surface area contributed by atoms with Gasteiger partial charge in [-0.2, -0.15) is 0 Å². The van der Waals surface area contributed by atoms with Crippen LogP contribution in [-0.2, 0) is 19.1 Å². The van der Waals surface area contributed by atoms with Crippen molar-refractivity contribution in [1.82, 2.24) is 0 Å². The van der Waals surface area contributed by atoms with Gasteiger partial charge < -0.3 is 20.1 Å². The average Bonchev–Trinajstić information content (AvgIpc) is 2.90. The van der Waals surface area contributed by atoms with E-state index in [1.54, 1.807) is 30.3 Å². The Balaban J connectivity index is 1.14. The van der Waals surface area contributed by atoms with Gasteiger partial charge in [0.25, 0.3) is 5.91 Å². The van der Waals surface area contributed by atoms with E-state index in [-0.39, 0.29) is 25.4 Å². The van der Waals surface area contributed by atoms with Gasteiger partial charge in [0, 0.05) is 34.1 Å². The minimum Gasteiger partial charge on any atom is -0.457 e. The van der Waals surface area contributed by atoms with Crippen molar-refractivity contribution in [2.75, 3.05) is 17.2 Å². The molecule has 37 heavy (non-hydrogen) atoms. The fraction of sp³-hybridized carbons (Fsp3) is 0.138. The lowest BCUT2D eigenvalue weighted by Gasteiger charge is -2.10. The van der Waals surface area contributed by atoms with E-state index in [4.69, 9.17) is 9.47 Å². The minimum atomic E-state index is -0.532. The van der Waals surface area contributed by atoms with E-state index in [0.29, 0.717) is 29.3 Å². The second kappa shape index (κ2) is 12.7. The van der Waals surface area contributed by atoms with Crippen molar-refractivity contribution in [3.8, 4) is 11.5 Å². The van der Waals surface area contributed by atoms with E-state index in [9.17, 15) is 14.4 Å². The molecule has 0 aliphatic heterocycles. The van der Waals surface area contributed by atoms with Crippen molar-refractivity contribution in [3.05, 3.63) is 95.5 Å². The number of ether oxygens (including phenoxy) is 2. The van der Waals surface area contributed by atoms with Crippen molar-refractivity contribution >= 4 is 55.9 Å². The van der Waals surface area contributed by atoms with Gasteiger partial charge in [-0.05, 0) is 66.4 Å². The average molecular weight is 561 g/mol. The van der Waals surface area contributed by atoms with E-state index in [1.807, 2.05) is 60.7 Å². The molecular formula is C29H25BrN2O5. The lowest BCUT2D eigenvalue weighted by atomic mass is 10.1. The van der Waals surface area contributed by atoms with Crippen LogP contribution in [0.15, 0.2) is 95.5 Å². The standard InChI is InChI=1S/C29H25BrN2O5/c30-21-11-15-23(16-12-21)37-24-17-13-22(14-18-24)31-27(33)9-4-10-29(35)36-19-28(34)32-26-8-3-6-20-5-1-2-7-25(20)26/h1-3,5-8,11-18H,4,9-10,19H2,(H,31,33)(H,32,34).